The average molecular weight is 563 g/mol. The molecule has 9 nitrogen and oxygen atoms in total. The van der Waals surface area contributed by atoms with Crippen molar-refractivity contribution in [1.29, 1.82) is 0 Å². The molecule has 0 radical (unpaired) electrons. The van der Waals surface area contributed by atoms with E-state index in [1.54, 1.807) is 40.6 Å². The number of phenolic OH excluding ortho intramolecular Hbond substituents is 4. The van der Waals surface area contributed by atoms with Gasteiger partial charge >= 0.3 is 229 Å². The Kier molecular flexibility index (Phi) is 10.0. The molecule has 0 heterocycles. The van der Waals surface area contributed by atoms with Crippen LogP contribution in [0.2, 0.25) is 0 Å². The van der Waals surface area contributed by atoms with Gasteiger partial charge in [0, 0.05) is 0 Å². The van der Waals surface area contributed by atoms with E-state index in [-0.39, 0.29) is 48.4 Å². The number of hydrogen-bond donors (Lipinski definition) is 4. The second-order valence-corrected chi connectivity index (χ2v) is 14.9. The van der Waals surface area contributed by atoms with Crippen molar-refractivity contribution in [2.45, 2.75) is 19.8 Å². The van der Waals surface area contributed by atoms with Gasteiger partial charge in [-0.15, -0.1) is 0 Å². The molecule has 39 heavy (non-hydrogen) atoms. The van der Waals surface area contributed by atoms with Crippen LogP contribution < -0.4 is 4.52 Å². The van der Waals surface area contributed by atoms with Gasteiger partial charge in [0.15, 0.2) is 0 Å². The third kappa shape index (κ3) is 7.12. The first kappa shape index (κ1) is 30.5. The molecule has 0 amide bonds. The van der Waals surface area contributed by atoms with Gasteiger partial charge in [-0.3, -0.25) is 0 Å². The molecule has 3 aromatic rings. The summed E-state index contributed by atoms with van der Waals surface area (Å²) in [5.41, 5.74) is 3.69. The first-order valence-electron chi connectivity index (χ1n) is 12.4. The Balaban J connectivity index is 2.28. The van der Waals surface area contributed by atoms with Crippen LogP contribution in [0.4, 0.5) is 0 Å². The van der Waals surface area contributed by atoms with E-state index in [1.165, 1.54) is 24.3 Å². The predicted molar refractivity (Wildman–Crippen MR) is 151 cm³/mol. The summed E-state index contributed by atoms with van der Waals surface area (Å²) in [5.74, 6) is 0.387. The summed E-state index contributed by atoms with van der Waals surface area (Å²) >= 11 is 0. The molecule has 0 saturated heterocycles. The van der Waals surface area contributed by atoms with Gasteiger partial charge in [0.25, 0.3) is 0 Å². The SMILES string of the molecule is COCP(COC)(COC)(COC)Oc1c(Cc2ccc(O)cc2O)cc(C)cc1Cc1ccc(O)cc1O. The third-order valence-electron chi connectivity index (χ3n) is 6.46. The Morgan fingerprint density at radius 1 is 0.564 bits per heavy atom. The van der Waals surface area contributed by atoms with Crippen LogP contribution in [0.3, 0.4) is 0 Å². The number of aryl methyl sites for hydroxylation is 1. The number of rotatable bonds is 14. The molecule has 0 unspecified atom stereocenters. The van der Waals surface area contributed by atoms with Crippen LogP contribution in [-0.4, -0.2) is 74.3 Å². The zero-order valence-electron chi connectivity index (χ0n) is 23.1. The fourth-order valence-electron chi connectivity index (χ4n) is 5.02. The molecule has 4 N–H and O–H groups in total. The number of hydrogen-bond acceptors (Lipinski definition) is 9. The summed E-state index contributed by atoms with van der Waals surface area (Å²) in [6, 6.07) is 12.9. The molecule has 3 rings (SSSR count). The number of phenols is 4. The van der Waals surface area contributed by atoms with Crippen molar-refractivity contribution in [2.24, 2.45) is 0 Å². The summed E-state index contributed by atoms with van der Waals surface area (Å²) in [7, 11) is 6.36. The second kappa shape index (κ2) is 12.9. The Labute approximate surface area is 229 Å². The van der Waals surface area contributed by atoms with E-state index in [9.17, 15) is 20.4 Å². The molecule has 0 aromatic heterocycles. The third-order valence-corrected chi connectivity index (χ3v) is 10.8. The minimum atomic E-state index is -3.55. The van der Waals surface area contributed by atoms with Crippen molar-refractivity contribution in [1.82, 2.24) is 0 Å². The summed E-state index contributed by atoms with van der Waals surface area (Å²) in [5, 5.41) is 40.7. The van der Waals surface area contributed by atoms with Crippen molar-refractivity contribution in [3.63, 3.8) is 0 Å². The van der Waals surface area contributed by atoms with Gasteiger partial charge in [-0.1, -0.05) is 0 Å². The predicted octanol–water partition coefficient (Wildman–Crippen LogP) is 5.26. The number of ether oxygens (including phenoxy) is 4. The Hall–Kier alpha value is -3.07. The number of methoxy groups -OCH3 is 4. The molecule has 214 valence electrons. The number of aromatic hydroxyl groups is 4. The van der Waals surface area contributed by atoms with Gasteiger partial charge in [-0.05, 0) is 0 Å². The van der Waals surface area contributed by atoms with Crippen LogP contribution in [0.1, 0.15) is 27.8 Å². The molecule has 0 bridgehead atoms. The van der Waals surface area contributed by atoms with Crippen LogP contribution >= 0.6 is 6.83 Å². The van der Waals surface area contributed by atoms with E-state index < -0.39 is 6.83 Å². The quantitative estimate of drug-likeness (QED) is 0.195. The van der Waals surface area contributed by atoms with Crippen LogP contribution in [0.15, 0.2) is 48.5 Å². The standard InChI is InChI=1S/C29H39O9P/c1-20-10-23(12-21-6-8-25(30)14-27(21)32)29(24(11-20)13-22-7-9-26(31)15-28(22)33)38-39(16-34-2,17-35-3,18-36-4)19-37-5/h6-11,14-15,30-33H,12-13,16-19H2,1-5H3. The van der Waals surface area contributed by atoms with Gasteiger partial charge in [0.2, 0.25) is 0 Å². The van der Waals surface area contributed by atoms with Gasteiger partial charge in [0.05, 0.1) is 0 Å². The van der Waals surface area contributed by atoms with E-state index in [0.717, 1.165) is 16.7 Å². The molecule has 0 saturated carbocycles. The van der Waals surface area contributed by atoms with Gasteiger partial charge in [-0.2, -0.15) is 0 Å². The van der Waals surface area contributed by atoms with Crippen molar-refractivity contribution >= 4 is 6.83 Å². The molecule has 0 aliphatic rings. The molecule has 0 fully saturated rings. The van der Waals surface area contributed by atoms with E-state index >= 15 is 0 Å². The van der Waals surface area contributed by atoms with Crippen LogP contribution in [0.5, 0.6) is 28.7 Å². The molecule has 10 heteroatoms. The molecule has 0 aliphatic heterocycles. The summed E-state index contributed by atoms with van der Waals surface area (Å²) in [6.07, 6.45) is 1.38. The zero-order valence-corrected chi connectivity index (χ0v) is 24.0. The molecular formula is C29H39O9P. The molecular weight excluding hydrogens is 523 g/mol. The van der Waals surface area contributed by atoms with E-state index in [2.05, 4.69) is 0 Å². The monoisotopic (exact) mass is 562 g/mol. The average Bonchev–Trinajstić information content (AvgIpc) is 2.85. The van der Waals surface area contributed by atoms with Crippen molar-refractivity contribution in [3.8, 4) is 28.7 Å². The summed E-state index contributed by atoms with van der Waals surface area (Å²) in [4.78, 5) is 0. The maximum atomic E-state index is 10.6. The Morgan fingerprint density at radius 2 is 0.949 bits per heavy atom. The fourth-order valence-corrected chi connectivity index (χ4v) is 9.04. The summed E-state index contributed by atoms with van der Waals surface area (Å²) < 4.78 is 29.9. The maximum absolute atomic E-state index is 10.6. The van der Waals surface area contributed by atoms with Crippen LogP contribution in [0, 0.1) is 6.92 Å². The molecule has 0 atom stereocenters. The first-order valence-corrected chi connectivity index (χ1v) is 15.3. The van der Waals surface area contributed by atoms with Gasteiger partial charge in [0.1, 0.15) is 0 Å². The van der Waals surface area contributed by atoms with Crippen molar-refractivity contribution in [2.75, 3.05) is 53.8 Å². The second-order valence-electron chi connectivity index (χ2n) is 10.0. The van der Waals surface area contributed by atoms with Crippen molar-refractivity contribution < 1.29 is 43.9 Å². The molecule has 3 aromatic carbocycles. The summed E-state index contributed by atoms with van der Waals surface area (Å²) in [6.45, 7) is -1.59. The Bertz CT molecular complexity index is 1170. The van der Waals surface area contributed by atoms with E-state index in [4.69, 9.17) is 23.5 Å². The zero-order chi connectivity index (χ0) is 28.7. The van der Waals surface area contributed by atoms with Crippen LogP contribution in [-0.2, 0) is 31.8 Å². The van der Waals surface area contributed by atoms with Crippen LogP contribution in [0.25, 0.3) is 0 Å². The van der Waals surface area contributed by atoms with E-state index in [0.29, 0.717) is 29.7 Å². The Morgan fingerprint density at radius 3 is 1.28 bits per heavy atom. The van der Waals surface area contributed by atoms with Gasteiger partial charge < -0.3 is 0 Å². The topological polar surface area (TPSA) is 127 Å². The molecule has 0 spiro atoms. The fraction of sp³-hybridized carbons (Fsp3) is 0.379. The first-order chi connectivity index (χ1) is 18.6. The number of benzene rings is 3. The normalized spacial score (nSPS) is 12.7. The van der Waals surface area contributed by atoms with E-state index in [1.807, 2.05) is 19.1 Å². The van der Waals surface area contributed by atoms with Crippen molar-refractivity contribution in [3.05, 3.63) is 76.3 Å². The molecule has 0 aliphatic carbocycles. The van der Waals surface area contributed by atoms with Gasteiger partial charge in [-0.25, -0.2) is 0 Å². The minimum absolute atomic E-state index is 0.0363.